The molecule has 0 fully saturated rings. The number of aryl methyl sites for hydroxylation is 1. The highest BCUT2D eigenvalue weighted by Gasteiger charge is 2.02. The van der Waals surface area contributed by atoms with Gasteiger partial charge in [0.2, 0.25) is 0 Å². The monoisotopic (exact) mass is 280 g/mol. The van der Waals surface area contributed by atoms with Crippen LogP contribution in [0.3, 0.4) is 0 Å². The summed E-state index contributed by atoms with van der Waals surface area (Å²) in [5.41, 5.74) is 10.2. The van der Waals surface area contributed by atoms with E-state index in [0.29, 0.717) is 0 Å². The minimum Gasteiger partial charge on any atom is -0.399 e. The van der Waals surface area contributed by atoms with Gasteiger partial charge in [-0.2, -0.15) is 0 Å². The van der Waals surface area contributed by atoms with E-state index in [0.717, 1.165) is 17.0 Å². The van der Waals surface area contributed by atoms with Crippen molar-refractivity contribution in [3.8, 4) is 0 Å². The van der Waals surface area contributed by atoms with Gasteiger partial charge in [-0.3, -0.25) is 4.98 Å². The molecule has 3 aromatic rings. The SMILES string of the molecule is Cc1cc(N)ccc1SCc1ccc2ncccc2c1. The number of rotatable bonds is 3. The number of aromatic nitrogens is 1. The number of benzene rings is 2. The van der Waals surface area contributed by atoms with E-state index in [1.54, 1.807) is 0 Å². The van der Waals surface area contributed by atoms with E-state index in [4.69, 9.17) is 5.73 Å². The van der Waals surface area contributed by atoms with E-state index in [9.17, 15) is 0 Å². The molecule has 0 saturated carbocycles. The zero-order valence-corrected chi connectivity index (χ0v) is 12.2. The summed E-state index contributed by atoms with van der Waals surface area (Å²) in [6.07, 6.45) is 1.83. The summed E-state index contributed by atoms with van der Waals surface area (Å²) < 4.78 is 0. The molecule has 20 heavy (non-hydrogen) atoms. The smallest absolute Gasteiger partial charge is 0.0702 e. The van der Waals surface area contributed by atoms with Gasteiger partial charge in [-0.05, 0) is 54.4 Å². The van der Waals surface area contributed by atoms with Gasteiger partial charge in [0.1, 0.15) is 0 Å². The number of nitrogens with zero attached hydrogens (tertiary/aromatic N) is 1. The highest BCUT2D eigenvalue weighted by Crippen LogP contribution is 2.28. The van der Waals surface area contributed by atoms with Gasteiger partial charge in [0, 0.05) is 27.9 Å². The van der Waals surface area contributed by atoms with Gasteiger partial charge in [0.15, 0.2) is 0 Å². The maximum absolute atomic E-state index is 5.78. The Hall–Kier alpha value is -2.00. The fourth-order valence-corrected chi connectivity index (χ4v) is 3.16. The molecule has 0 unspecified atom stereocenters. The molecule has 0 bridgehead atoms. The van der Waals surface area contributed by atoms with Gasteiger partial charge >= 0.3 is 0 Å². The number of pyridine rings is 1. The summed E-state index contributed by atoms with van der Waals surface area (Å²) in [6.45, 7) is 2.10. The third-order valence-electron chi connectivity index (χ3n) is 3.26. The fraction of sp³-hybridized carbons (Fsp3) is 0.118. The molecule has 100 valence electrons. The number of hydrogen-bond acceptors (Lipinski definition) is 3. The van der Waals surface area contributed by atoms with Crippen LogP contribution >= 0.6 is 11.8 Å². The summed E-state index contributed by atoms with van der Waals surface area (Å²) in [5.74, 6) is 0.954. The van der Waals surface area contributed by atoms with E-state index >= 15 is 0 Å². The summed E-state index contributed by atoms with van der Waals surface area (Å²) in [6, 6.07) is 16.6. The van der Waals surface area contributed by atoms with Gasteiger partial charge < -0.3 is 5.73 Å². The predicted molar refractivity (Wildman–Crippen MR) is 86.9 cm³/mol. The third-order valence-corrected chi connectivity index (χ3v) is 4.51. The normalized spacial score (nSPS) is 10.8. The maximum atomic E-state index is 5.78. The van der Waals surface area contributed by atoms with Gasteiger partial charge in [0.05, 0.1) is 5.52 Å². The highest BCUT2D eigenvalue weighted by atomic mass is 32.2. The lowest BCUT2D eigenvalue weighted by Crippen LogP contribution is -1.88. The molecule has 0 aliphatic rings. The minimum atomic E-state index is 0.823. The van der Waals surface area contributed by atoms with Crippen LogP contribution in [-0.2, 0) is 5.75 Å². The van der Waals surface area contributed by atoms with Gasteiger partial charge in [-0.25, -0.2) is 0 Å². The second kappa shape index (κ2) is 5.55. The summed E-state index contributed by atoms with van der Waals surface area (Å²) in [7, 11) is 0. The van der Waals surface area contributed by atoms with Crippen molar-refractivity contribution in [3.05, 3.63) is 65.9 Å². The molecule has 1 heterocycles. The molecule has 0 radical (unpaired) electrons. The van der Waals surface area contributed by atoms with Crippen LogP contribution in [0.25, 0.3) is 10.9 Å². The van der Waals surface area contributed by atoms with E-state index in [1.165, 1.54) is 21.4 Å². The van der Waals surface area contributed by atoms with Gasteiger partial charge in [0.25, 0.3) is 0 Å². The lowest BCUT2D eigenvalue weighted by molar-refractivity contribution is 1.29. The predicted octanol–water partition coefficient (Wildman–Crippen LogP) is 4.42. The van der Waals surface area contributed by atoms with Crippen molar-refractivity contribution < 1.29 is 0 Å². The largest absolute Gasteiger partial charge is 0.399 e. The molecule has 0 aliphatic carbocycles. The number of nitrogens with two attached hydrogens (primary N) is 1. The number of nitrogen functional groups attached to an aromatic ring is 1. The molecular weight excluding hydrogens is 264 g/mol. The van der Waals surface area contributed by atoms with Crippen LogP contribution < -0.4 is 5.73 Å². The van der Waals surface area contributed by atoms with E-state index in [-0.39, 0.29) is 0 Å². The number of anilines is 1. The van der Waals surface area contributed by atoms with Crippen LogP contribution in [0.2, 0.25) is 0 Å². The van der Waals surface area contributed by atoms with Crippen LogP contribution in [0.1, 0.15) is 11.1 Å². The Kier molecular flexibility index (Phi) is 3.61. The first-order valence-corrected chi connectivity index (χ1v) is 7.53. The molecule has 2 N–H and O–H groups in total. The Balaban J connectivity index is 1.79. The molecule has 2 nitrogen and oxygen atoms in total. The van der Waals surface area contributed by atoms with Gasteiger partial charge in [-0.15, -0.1) is 11.8 Å². The standard InChI is InChI=1S/C17H16N2S/c1-12-9-15(18)5-7-17(12)20-11-13-4-6-16-14(10-13)3-2-8-19-16/h2-10H,11,18H2,1H3. The van der Waals surface area contributed by atoms with Crippen molar-refractivity contribution in [1.82, 2.24) is 4.98 Å². The van der Waals surface area contributed by atoms with E-state index < -0.39 is 0 Å². The van der Waals surface area contributed by atoms with Crippen molar-refractivity contribution >= 4 is 28.4 Å². The average Bonchev–Trinajstić information content (AvgIpc) is 2.46. The van der Waals surface area contributed by atoms with Crippen molar-refractivity contribution in [2.75, 3.05) is 5.73 Å². The third kappa shape index (κ3) is 2.78. The molecule has 0 aliphatic heterocycles. The quantitative estimate of drug-likeness (QED) is 0.570. The molecule has 0 atom stereocenters. The molecular formula is C17H16N2S. The second-order valence-corrected chi connectivity index (χ2v) is 5.86. The van der Waals surface area contributed by atoms with Crippen LogP contribution in [0.4, 0.5) is 5.69 Å². The van der Waals surface area contributed by atoms with Gasteiger partial charge in [-0.1, -0.05) is 12.1 Å². The lowest BCUT2D eigenvalue weighted by atomic mass is 10.1. The summed E-state index contributed by atoms with van der Waals surface area (Å²) in [5, 5.41) is 1.19. The zero-order valence-electron chi connectivity index (χ0n) is 11.3. The minimum absolute atomic E-state index is 0.823. The average molecular weight is 280 g/mol. The Morgan fingerprint density at radius 2 is 2.00 bits per heavy atom. The van der Waals surface area contributed by atoms with Crippen LogP contribution in [0, 0.1) is 6.92 Å². The van der Waals surface area contributed by atoms with Crippen molar-refractivity contribution in [2.24, 2.45) is 0 Å². The fourth-order valence-electron chi connectivity index (χ4n) is 2.21. The van der Waals surface area contributed by atoms with E-state index in [2.05, 4.69) is 42.2 Å². The molecule has 0 amide bonds. The topological polar surface area (TPSA) is 38.9 Å². The molecule has 2 aromatic carbocycles. The number of fused-ring (bicyclic) bond motifs is 1. The van der Waals surface area contributed by atoms with E-state index in [1.807, 2.05) is 36.2 Å². The lowest BCUT2D eigenvalue weighted by Gasteiger charge is -2.07. The Labute approximate surface area is 123 Å². The van der Waals surface area contributed by atoms with Crippen molar-refractivity contribution in [2.45, 2.75) is 17.6 Å². The van der Waals surface area contributed by atoms with Crippen molar-refractivity contribution in [3.63, 3.8) is 0 Å². The summed E-state index contributed by atoms with van der Waals surface area (Å²) >= 11 is 1.84. The Morgan fingerprint density at radius 3 is 2.85 bits per heavy atom. The first kappa shape index (κ1) is 13.0. The molecule has 0 saturated heterocycles. The van der Waals surface area contributed by atoms with Crippen LogP contribution in [0.5, 0.6) is 0 Å². The number of thioether (sulfide) groups is 1. The molecule has 3 heteroatoms. The first-order valence-electron chi connectivity index (χ1n) is 6.55. The molecule has 1 aromatic heterocycles. The van der Waals surface area contributed by atoms with Crippen LogP contribution in [0.15, 0.2) is 59.6 Å². The second-order valence-electron chi connectivity index (χ2n) is 4.84. The number of hydrogen-bond donors (Lipinski definition) is 1. The zero-order chi connectivity index (χ0) is 13.9. The highest BCUT2D eigenvalue weighted by molar-refractivity contribution is 7.98. The Bertz CT molecular complexity index is 753. The molecule has 0 spiro atoms. The first-order chi connectivity index (χ1) is 9.72. The van der Waals surface area contributed by atoms with Crippen molar-refractivity contribution in [1.29, 1.82) is 0 Å². The van der Waals surface area contributed by atoms with Crippen LogP contribution in [-0.4, -0.2) is 4.98 Å². The Morgan fingerprint density at radius 1 is 1.10 bits per heavy atom. The maximum Gasteiger partial charge on any atom is 0.0702 e. The molecule has 3 rings (SSSR count). The summed E-state index contributed by atoms with van der Waals surface area (Å²) in [4.78, 5) is 5.63.